The van der Waals surface area contributed by atoms with Gasteiger partial charge in [-0.2, -0.15) is 0 Å². The van der Waals surface area contributed by atoms with Crippen LogP contribution in [0.5, 0.6) is 0 Å². The Labute approximate surface area is 86.4 Å². The van der Waals surface area contributed by atoms with Gasteiger partial charge in [0, 0.05) is 12.7 Å². The molecule has 2 N–H and O–H groups in total. The van der Waals surface area contributed by atoms with E-state index < -0.39 is 6.61 Å². The van der Waals surface area contributed by atoms with E-state index in [1.807, 2.05) is 12.1 Å². The molecule has 0 spiro atoms. The van der Waals surface area contributed by atoms with Gasteiger partial charge in [-0.3, -0.25) is 4.79 Å². The van der Waals surface area contributed by atoms with E-state index in [1.165, 1.54) is 4.90 Å². The Morgan fingerprint density at radius 1 is 1.60 bits per heavy atom. The first-order valence-electron chi connectivity index (χ1n) is 4.53. The number of likely N-dealkylation sites (N-methyl/N-ethyl adjacent to an activating group) is 1. The SMILES string of the molecule is CN(C(=O)CO)c1ccc2nc[nH]c2c1. The minimum absolute atomic E-state index is 0.339. The highest BCUT2D eigenvalue weighted by molar-refractivity contribution is 5.95. The Balaban J connectivity index is 2.39. The molecule has 0 saturated heterocycles. The van der Waals surface area contributed by atoms with Gasteiger partial charge in [-0.15, -0.1) is 0 Å². The van der Waals surface area contributed by atoms with Gasteiger partial charge < -0.3 is 15.0 Å². The van der Waals surface area contributed by atoms with Crippen LogP contribution in [0.4, 0.5) is 5.69 Å². The van der Waals surface area contributed by atoms with Crippen LogP contribution >= 0.6 is 0 Å². The predicted molar refractivity (Wildman–Crippen MR) is 56.6 cm³/mol. The van der Waals surface area contributed by atoms with Crippen LogP contribution < -0.4 is 4.90 Å². The van der Waals surface area contributed by atoms with E-state index in [2.05, 4.69) is 9.97 Å². The molecule has 0 aliphatic carbocycles. The molecule has 2 rings (SSSR count). The number of hydrogen-bond donors (Lipinski definition) is 2. The Kier molecular flexibility index (Phi) is 2.39. The molecule has 0 radical (unpaired) electrons. The van der Waals surface area contributed by atoms with Gasteiger partial charge in [0.05, 0.1) is 17.4 Å². The number of nitrogens with zero attached hydrogens (tertiary/aromatic N) is 2. The smallest absolute Gasteiger partial charge is 0.252 e. The second-order valence-electron chi connectivity index (χ2n) is 3.21. The third-order valence-corrected chi connectivity index (χ3v) is 2.30. The molecule has 1 aromatic carbocycles. The van der Waals surface area contributed by atoms with Crippen LogP contribution in [-0.4, -0.2) is 34.6 Å². The molecule has 1 amide bonds. The summed E-state index contributed by atoms with van der Waals surface area (Å²) in [7, 11) is 1.62. The quantitative estimate of drug-likeness (QED) is 0.750. The number of fused-ring (bicyclic) bond motifs is 1. The third kappa shape index (κ3) is 1.69. The van der Waals surface area contributed by atoms with Crippen molar-refractivity contribution in [1.82, 2.24) is 9.97 Å². The van der Waals surface area contributed by atoms with E-state index in [4.69, 9.17) is 5.11 Å². The molecule has 2 aromatic rings. The summed E-state index contributed by atoms with van der Waals surface area (Å²) in [5.74, 6) is -0.339. The number of rotatable bonds is 2. The molecule has 0 atom stereocenters. The molecule has 78 valence electrons. The van der Waals surface area contributed by atoms with E-state index in [0.717, 1.165) is 16.7 Å². The fourth-order valence-corrected chi connectivity index (χ4v) is 1.38. The first-order valence-corrected chi connectivity index (χ1v) is 4.53. The standard InChI is InChI=1S/C10H11N3O2/c1-13(10(15)5-14)7-2-3-8-9(4-7)12-6-11-8/h2-4,6,14H,5H2,1H3,(H,11,12). The van der Waals surface area contributed by atoms with Crippen molar-refractivity contribution >= 4 is 22.6 Å². The topological polar surface area (TPSA) is 69.2 Å². The maximum atomic E-state index is 11.2. The number of benzene rings is 1. The molecule has 5 heteroatoms. The molecule has 1 heterocycles. The number of aromatic amines is 1. The monoisotopic (exact) mass is 205 g/mol. The number of hydrogen-bond acceptors (Lipinski definition) is 3. The van der Waals surface area contributed by atoms with Crippen molar-refractivity contribution in [2.75, 3.05) is 18.6 Å². The van der Waals surface area contributed by atoms with Gasteiger partial charge in [0.1, 0.15) is 6.61 Å². The van der Waals surface area contributed by atoms with Gasteiger partial charge in [-0.25, -0.2) is 4.98 Å². The van der Waals surface area contributed by atoms with E-state index >= 15 is 0 Å². The van der Waals surface area contributed by atoms with Crippen LogP contribution in [0, 0.1) is 0 Å². The molecule has 0 aliphatic heterocycles. The summed E-state index contributed by atoms with van der Waals surface area (Å²) in [6.45, 7) is -0.489. The Morgan fingerprint density at radius 3 is 3.13 bits per heavy atom. The number of aliphatic hydroxyl groups excluding tert-OH is 1. The zero-order valence-electron chi connectivity index (χ0n) is 8.27. The number of carbonyl (C=O) groups excluding carboxylic acids is 1. The first kappa shape index (κ1) is 9.67. The normalized spacial score (nSPS) is 10.5. The Bertz CT molecular complexity index is 492. The summed E-state index contributed by atoms with van der Waals surface area (Å²) >= 11 is 0. The lowest BCUT2D eigenvalue weighted by atomic mass is 10.2. The number of anilines is 1. The lowest BCUT2D eigenvalue weighted by molar-refractivity contribution is -0.120. The van der Waals surface area contributed by atoms with Crippen LogP contribution in [0.1, 0.15) is 0 Å². The Hall–Kier alpha value is -1.88. The van der Waals surface area contributed by atoms with Crippen LogP contribution in [0.25, 0.3) is 11.0 Å². The highest BCUT2D eigenvalue weighted by Gasteiger charge is 2.09. The van der Waals surface area contributed by atoms with Crippen molar-refractivity contribution in [3.8, 4) is 0 Å². The van der Waals surface area contributed by atoms with Gasteiger partial charge in [0.15, 0.2) is 0 Å². The number of imidazole rings is 1. The summed E-state index contributed by atoms with van der Waals surface area (Å²) in [6.07, 6.45) is 1.60. The molecular weight excluding hydrogens is 194 g/mol. The summed E-state index contributed by atoms with van der Waals surface area (Å²) in [4.78, 5) is 19.7. The highest BCUT2D eigenvalue weighted by atomic mass is 16.3. The predicted octanol–water partition coefficient (Wildman–Crippen LogP) is 0.518. The summed E-state index contributed by atoms with van der Waals surface area (Å²) < 4.78 is 0. The van der Waals surface area contributed by atoms with Crippen LogP contribution in [0.3, 0.4) is 0 Å². The zero-order valence-corrected chi connectivity index (χ0v) is 8.27. The number of aliphatic hydroxyl groups is 1. The number of nitrogens with one attached hydrogen (secondary N) is 1. The fourth-order valence-electron chi connectivity index (χ4n) is 1.38. The van der Waals surface area contributed by atoms with E-state index in [9.17, 15) is 4.79 Å². The second-order valence-corrected chi connectivity index (χ2v) is 3.21. The molecule has 0 saturated carbocycles. The number of carbonyl (C=O) groups is 1. The summed E-state index contributed by atoms with van der Waals surface area (Å²) in [6, 6.07) is 5.43. The molecule has 0 unspecified atom stereocenters. The van der Waals surface area contributed by atoms with Crippen molar-refractivity contribution in [2.45, 2.75) is 0 Å². The van der Waals surface area contributed by atoms with E-state index in [0.29, 0.717) is 0 Å². The van der Waals surface area contributed by atoms with Gasteiger partial charge in [-0.1, -0.05) is 0 Å². The number of aromatic nitrogens is 2. The number of amides is 1. The van der Waals surface area contributed by atoms with E-state index in [1.54, 1.807) is 19.4 Å². The minimum Gasteiger partial charge on any atom is -0.387 e. The lowest BCUT2D eigenvalue weighted by Crippen LogP contribution is -2.28. The van der Waals surface area contributed by atoms with Crippen LogP contribution in [-0.2, 0) is 4.79 Å². The second kappa shape index (κ2) is 3.70. The highest BCUT2D eigenvalue weighted by Crippen LogP contribution is 2.18. The maximum Gasteiger partial charge on any atom is 0.252 e. The average molecular weight is 205 g/mol. The van der Waals surface area contributed by atoms with Crippen LogP contribution in [0.15, 0.2) is 24.5 Å². The van der Waals surface area contributed by atoms with Crippen molar-refractivity contribution < 1.29 is 9.90 Å². The van der Waals surface area contributed by atoms with E-state index in [-0.39, 0.29) is 5.91 Å². The third-order valence-electron chi connectivity index (χ3n) is 2.30. The van der Waals surface area contributed by atoms with Gasteiger partial charge >= 0.3 is 0 Å². The molecule has 0 fully saturated rings. The van der Waals surface area contributed by atoms with Gasteiger partial charge in [-0.05, 0) is 18.2 Å². The van der Waals surface area contributed by atoms with Crippen molar-refractivity contribution in [2.24, 2.45) is 0 Å². The summed E-state index contributed by atoms with van der Waals surface area (Å²) in [5.41, 5.74) is 2.44. The summed E-state index contributed by atoms with van der Waals surface area (Å²) in [5, 5.41) is 8.73. The molecule has 0 bridgehead atoms. The minimum atomic E-state index is -0.489. The number of H-pyrrole nitrogens is 1. The molecule has 15 heavy (non-hydrogen) atoms. The fraction of sp³-hybridized carbons (Fsp3) is 0.200. The molecule has 5 nitrogen and oxygen atoms in total. The van der Waals surface area contributed by atoms with Gasteiger partial charge in [0.2, 0.25) is 0 Å². The largest absolute Gasteiger partial charge is 0.387 e. The van der Waals surface area contributed by atoms with Crippen LogP contribution in [0.2, 0.25) is 0 Å². The first-order chi connectivity index (χ1) is 7.22. The average Bonchev–Trinajstić information content (AvgIpc) is 2.73. The van der Waals surface area contributed by atoms with Crippen molar-refractivity contribution in [3.63, 3.8) is 0 Å². The van der Waals surface area contributed by atoms with Crippen molar-refractivity contribution in [3.05, 3.63) is 24.5 Å². The molecule has 0 aliphatic rings. The Morgan fingerprint density at radius 2 is 2.40 bits per heavy atom. The lowest BCUT2D eigenvalue weighted by Gasteiger charge is -2.15. The molecular formula is C10H11N3O2. The van der Waals surface area contributed by atoms with Crippen molar-refractivity contribution in [1.29, 1.82) is 0 Å². The van der Waals surface area contributed by atoms with Gasteiger partial charge in [0.25, 0.3) is 5.91 Å². The molecule has 1 aromatic heterocycles. The zero-order chi connectivity index (χ0) is 10.8. The maximum absolute atomic E-state index is 11.2.